The molecule has 0 radical (unpaired) electrons. The highest BCUT2D eigenvalue weighted by molar-refractivity contribution is 7.19. The second-order valence-electron chi connectivity index (χ2n) is 2.71. The molecule has 0 spiro atoms. The molecule has 64 valence electrons. The van der Waals surface area contributed by atoms with Crippen molar-refractivity contribution in [1.82, 2.24) is 4.98 Å². The van der Waals surface area contributed by atoms with Gasteiger partial charge in [-0.1, -0.05) is 0 Å². The van der Waals surface area contributed by atoms with Crippen molar-refractivity contribution in [2.75, 3.05) is 0 Å². The minimum absolute atomic E-state index is 0.118. The fourth-order valence-corrected chi connectivity index (χ4v) is 2.31. The van der Waals surface area contributed by atoms with Crippen molar-refractivity contribution in [3.05, 3.63) is 33.1 Å². The molecule has 0 fully saturated rings. The Labute approximate surface area is 78.3 Å². The quantitative estimate of drug-likeness (QED) is 0.688. The molecular weight excluding hydrogens is 184 g/mol. The molecule has 0 unspecified atom stereocenters. The van der Waals surface area contributed by atoms with Gasteiger partial charge >= 0.3 is 0 Å². The standard InChI is InChI=1S/C9H6N2OS/c1-5-7(4-10)13-6-2-3-11-9(12)8(5)6/h2-3H,1H3,(H,11,12). The summed E-state index contributed by atoms with van der Waals surface area (Å²) >= 11 is 1.36. The minimum Gasteiger partial charge on any atom is -0.328 e. The first-order valence-electron chi connectivity index (χ1n) is 3.75. The molecule has 0 saturated carbocycles. The van der Waals surface area contributed by atoms with E-state index in [0.717, 1.165) is 10.3 Å². The maximum Gasteiger partial charge on any atom is 0.256 e. The van der Waals surface area contributed by atoms with Crippen LogP contribution in [0, 0.1) is 18.3 Å². The fraction of sp³-hybridized carbons (Fsp3) is 0.111. The summed E-state index contributed by atoms with van der Waals surface area (Å²) in [6.07, 6.45) is 1.60. The lowest BCUT2D eigenvalue weighted by Gasteiger charge is -1.87. The first kappa shape index (κ1) is 8.02. The summed E-state index contributed by atoms with van der Waals surface area (Å²) in [4.78, 5) is 14.6. The molecule has 13 heavy (non-hydrogen) atoms. The number of nitrogens with one attached hydrogen (secondary N) is 1. The summed E-state index contributed by atoms with van der Waals surface area (Å²) in [6, 6.07) is 3.89. The number of aromatic amines is 1. The number of hydrogen-bond donors (Lipinski definition) is 1. The van der Waals surface area contributed by atoms with E-state index in [-0.39, 0.29) is 5.56 Å². The van der Waals surface area contributed by atoms with Crippen molar-refractivity contribution < 1.29 is 0 Å². The molecule has 0 amide bonds. The number of rotatable bonds is 0. The molecule has 0 aliphatic rings. The van der Waals surface area contributed by atoms with E-state index in [0.29, 0.717) is 10.3 Å². The zero-order chi connectivity index (χ0) is 9.42. The first-order chi connectivity index (χ1) is 6.24. The van der Waals surface area contributed by atoms with Gasteiger partial charge in [-0.3, -0.25) is 4.79 Å². The summed E-state index contributed by atoms with van der Waals surface area (Å²) in [7, 11) is 0. The molecular formula is C9H6N2OS. The van der Waals surface area contributed by atoms with Crippen LogP contribution < -0.4 is 5.56 Å². The van der Waals surface area contributed by atoms with E-state index in [2.05, 4.69) is 11.1 Å². The van der Waals surface area contributed by atoms with Crippen LogP contribution in [-0.4, -0.2) is 4.98 Å². The van der Waals surface area contributed by atoms with Gasteiger partial charge in [0.2, 0.25) is 0 Å². The zero-order valence-corrected chi connectivity index (χ0v) is 7.73. The molecule has 3 nitrogen and oxygen atoms in total. The van der Waals surface area contributed by atoms with Crippen LogP contribution in [0.15, 0.2) is 17.1 Å². The molecule has 2 heterocycles. The van der Waals surface area contributed by atoms with Crippen LogP contribution >= 0.6 is 11.3 Å². The van der Waals surface area contributed by atoms with E-state index in [9.17, 15) is 4.79 Å². The molecule has 2 rings (SSSR count). The number of H-pyrrole nitrogens is 1. The highest BCUT2D eigenvalue weighted by Gasteiger charge is 2.09. The van der Waals surface area contributed by atoms with Gasteiger partial charge in [0.1, 0.15) is 10.9 Å². The van der Waals surface area contributed by atoms with E-state index in [1.54, 1.807) is 13.1 Å². The Kier molecular flexibility index (Phi) is 1.67. The molecule has 4 heteroatoms. The lowest BCUT2D eigenvalue weighted by atomic mass is 10.2. The third-order valence-corrected chi connectivity index (χ3v) is 3.11. The number of fused-ring (bicyclic) bond motifs is 1. The summed E-state index contributed by atoms with van der Waals surface area (Å²) in [5.74, 6) is 0. The molecule has 0 atom stereocenters. The first-order valence-corrected chi connectivity index (χ1v) is 4.56. The van der Waals surface area contributed by atoms with Crippen LogP contribution in [0.2, 0.25) is 0 Å². The Hall–Kier alpha value is -1.60. The van der Waals surface area contributed by atoms with Crippen LogP contribution in [0.3, 0.4) is 0 Å². The topological polar surface area (TPSA) is 56.6 Å². The van der Waals surface area contributed by atoms with Gasteiger partial charge in [-0.25, -0.2) is 0 Å². The largest absolute Gasteiger partial charge is 0.328 e. The molecule has 1 N–H and O–H groups in total. The molecule has 0 aliphatic heterocycles. The van der Waals surface area contributed by atoms with Gasteiger partial charge in [-0.05, 0) is 18.6 Å². The monoisotopic (exact) mass is 190 g/mol. The second-order valence-corrected chi connectivity index (χ2v) is 3.77. The number of hydrogen-bond acceptors (Lipinski definition) is 3. The fourth-order valence-electron chi connectivity index (χ4n) is 1.31. The van der Waals surface area contributed by atoms with Crippen molar-refractivity contribution in [3.63, 3.8) is 0 Å². The van der Waals surface area contributed by atoms with Crippen molar-refractivity contribution in [2.24, 2.45) is 0 Å². The number of nitriles is 1. The average Bonchev–Trinajstić information content (AvgIpc) is 2.44. The minimum atomic E-state index is -0.118. The van der Waals surface area contributed by atoms with E-state index in [4.69, 9.17) is 5.26 Å². The van der Waals surface area contributed by atoms with E-state index in [1.165, 1.54) is 11.3 Å². The molecule has 0 aliphatic carbocycles. The van der Waals surface area contributed by atoms with Gasteiger partial charge < -0.3 is 4.98 Å². The lowest BCUT2D eigenvalue weighted by Crippen LogP contribution is -2.03. The van der Waals surface area contributed by atoms with Crippen LogP contribution in [0.25, 0.3) is 10.1 Å². The maximum absolute atomic E-state index is 11.4. The smallest absolute Gasteiger partial charge is 0.256 e. The third kappa shape index (κ3) is 1.05. The van der Waals surface area contributed by atoms with Gasteiger partial charge in [0, 0.05) is 10.9 Å². The summed E-state index contributed by atoms with van der Waals surface area (Å²) in [6.45, 7) is 1.80. The predicted octanol–water partition coefficient (Wildman–Crippen LogP) is 1.77. The van der Waals surface area contributed by atoms with Gasteiger partial charge in [0.05, 0.1) is 5.39 Å². The van der Waals surface area contributed by atoms with E-state index >= 15 is 0 Å². The van der Waals surface area contributed by atoms with Crippen molar-refractivity contribution in [3.8, 4) is 6.07 Å². The summed E-state index contributed by atoms with van der Waals surface area (Å²) in [5, 5.41) is 9.40. The second kappa shape index (κ2) is 2.71. The molecule has 0 saturated heterocycles. The van der Waals surface area contributed by atoms with E-state index in [1.807, 2.05) is 6.07 Å². The summed E-state index contributed by atoms with van der Waals surface area (Å²) < 4.78 is 0.873. The average molecular weight is 190 g/mol. The van der Waals surface area contributed by atoms with Gasteiger partial charge in [-0.2, -0.15) is 5.26 Å². The number of pyridine rings is 1. The normalized spacial score (nSPS) is 10.2. The summed E-state index contributed by atoms with van der Waals surface area (Å²) in [5.41, 5.74) is 0.664. The third-order valence-electron chi connectivity index (χ3n) is 1.95. The molecule has 0 bridgehead atoms. The van der Waals surface area contributed by atoms with Gasteiger partial charge in [0.15, 0.2) is 0 Å². The zero-order valence-electron chi connectivity index (χ0n) is 6.92. The molecule has 2 aromatic rings. The Morgan fingerprint density at radius 2 is 2.38 bits per heavy atom. The molecule has 2 aromatic heterocycles. The molecule has 0 aromatic carbocycles. The lowest BCUT2D eigenvalue weighted by molar-refractivity contribution is 1.27. The van der Waals surface area contributed by atoms with Crippen LogP contribution in [-0.2, 0) is 0 Å². The number of nitrogens with zero attached hydrogens (tertiary/aromatic N) is 1. The van der Waals surface area contributed by atoms with Crippen LogP contribution in [0.4, 0.5) is 0 Å². The Morgan fingerprint density at radius 3 is 3.00 bits per heavy atom. The Balaban J connectivity index is 3.04. The van der Waals surface area contributed by atoms with Gasteiger partial charge in [-0.15, -0.1) is 11.3 Å². The van der Waals surface area contributed by atoms with Crippen LogP contribution in [0.1, 0.15) is 10.4 Å². The highest BCUT2D eigenvalue weighted by atomic mass is 32.1. The predicted molar refractivity (Wildman–Crippen MR) is 51.9 cm³/mol. The van der Waals surface area contributed by atoms with Gasteiger partial charge in [0.25, 0.3) is 5.56 Å². The van der Waals surface area contributed by atoms with Crippen LogP contribution in [0.5, 0.6) is 0 Å². The number of aryl methyl sites for hydroxylation is 1. The van der Waals surface area contributed by atoms with Crippen molar-refractivity contribution in [1.29, 1.82) is 5.26 Å². The Morgan fingerprint density at radius 1 is 1.62 bits per heavy atom. The highest BCUT2D eigenvalue weighted by Crippen LogP contribution is 2.26. The number of aromatic nitrogens is 1. The number of thiophene rings is 1. The SMILES string of the molecule is Cc1c(C#N)sc2cc[nH]c(=O)c12. The van der Waals surface area contributed by atoms with Crippen molar-refractivity contribution in [2.45, 2.75) is 6.92 Å². The maximum atomic E-state index is 11.4. The Bertz CT molecular complexity index is 559. The van der Waals surface area contributed by atoms with E-state index < -0.39 is 0 Å². The van der Waals surface area contributed by atoms with Crippen molar-refractivity contribution >= 4 is 21.4 Å².